The molecule has 0 fully saturated rings. The molecule has 0 aliphatic heterocycles. The molecule has 3 heteroatoms. The Labute approximate surface area is 123 Å². The molecule has 0 aliphatic carbocycles. The second-order valence-corrected chi connectivity index (χ2v) is 5.80. The smallest absolute Gasteiger partial charge is 0.125 e. The fourth-order valence-electron chi connectivity index (χ4n) is 2.19. The van der Waals surface area contributed by atoms with Crippen molar-refractivity contribution in [1.29, 1.82) is 0 Å². The Kier molecular flexibility index (Phi) is 7.03. The normalized spacial score (nSPS) is 12.8. The van der Waals surface area contributed by atoms with Gasteiger partial charge in [0.15, 0.2) is 0 Å². The highest BCUT2D eigenvalue weighted by Crippen LogP contribution is 2.26. The lowest BCUT2D eigenvalue weighted by Gasteiger charge is -2.19. The van der Waals surface area contributed by atoms with Crippen molar-refractivity contribution in [2.75, 3.05) is 13.7 Å². The first-order valence-electron chi connectivity index (χ1n) is 7.43. The van der Waals surface area contributed by atoms with E-state index < -0.39 is 0 Å². The zero-order valence-electron chi connectivity index (χ0n) is 13.7. The molecule has 1 N–H and O–H groups in total. The third kappa shape index (κ3) is 5.51. The standard InChI is InChI=1S/C17H29NO2/c1-12(2)18-11-16-9-13(3)17(14(4)10-16)20-15(5)7-8-19-6/h9-10,12,15,18H,7-8,11H2,1-6H3. The summed E-state index contributed by atoms with van der Waals surface area (Å²) in [4.78, 5) is 0. The summed E-state index contributed by atoms with van der Waals surface area (Å²) in [6, 6.07) is 4.92. The minimum absolute atomic E-state index is 0.173. The van der Waals surface area contributed by atoms with Gasteiger partial charge in [-0.15, -0.1) is 0 Å². The Morgan fingerprint density at radius 3 is 2.20 bits per heavy atom. The molecule has 0 saturated heterocycles. The second-order valence-electron chi connectivity index (χ2n) is 5.80. The molecule has 3 nitrogen and oxygen atoms in total. The molecule has 1 unspecified atom stereocenters. The summed E-state index contributed by atoms with van der Waals surface area (Å²) in [6.45, 7) is 12.3. The molecule has 0 spiro atoms. The van der Waals surface area contributed by atoms with E-state index in [4.69, 9.17) is 9.47 Å². The molecule has 0 bridgehead atoms. The molecule has 0 radical (unpaired) electrons. The number of hydrogen-bond donors (Lipinski definition) is 1. The molecule has 1 atom stereocenters. The fourth-order valence-corrected chi connectivity index (χ4v) is 2.19. The van der Waals surface area contributed by atoms with E-state index in [1.165, 1.54) is 16.7 Å². The Bertz CT molecular complexity index is 392. The summed E-state index contributed by atoms with van der Waals surface area (Å²) >= 11 is 0. The Morgan fingerprint density at radius 2 is 1.70 bits per heavy atom. The lowest BCUT2D eigenvalue weighted by atomic mass is 10.1. The quantitative estimate of drug-likeness (QED) is 0.788. The molecule has 0 heterocycles. The van der Waals surface area contributed by atoms with Gasteiger partial charge in [-0.25, -0.2) is 0 Å². The average molecular weight is 279 g/mol. The molecule has 0 amide bonds. The van der Waals surface area contributed by atoms with Crippen molar-refractivity contribution in [2.45, 2.75) is 59.7 Å². The van der Waals surface area contributed by atoms with Gasteiger partial charge in [-0.05, 0) is 37.5 Å². The Balaban J connectivity index is 2.73. The fraction of sp³-hybridized carbons (Fsp3) is 0.647. The molecule has 1 aromatic carbocycles. The first-order valence-corrected chi connectivity index (χ1v) is 7.43. The zero-order valence-corrected chi connectivity index (χ0v) is 13.7. The van der Waals surface area contributed by atoms with Crippen LogP contribution < -0.4 is 10.1 Å². The van der Waals surface area contributed by atoms with Crippen LogP contribution in [0.3, 0.4) is 0 Å². The van der Waals surface area contributed by atoms with Crippen LogP contribution >= 0.6 is 0 Å². The summed E-state index contributed by atoms with van der Waals surface area (Å²) in [5, 5.41) is 3.45. The topological polar surface area (TPSA) is 30.5 Å². The average Bonchev–Trinajstić information content (AvgIpc) is 2.38. The largest absolute Gasteiger partial charge is 0.490 e. The summed E-state index contributed by atoms with van der Waals surface area (Å²) in [6.07, 6.45) is 1.08. The summed E-state index contributed by atoms with van der Waals surface area (Å²) in [7, 11) is 1.72. The van der Waals surface area contributed by atoms with Crippen LogP contribution in [0.1, 0.15) is 43.9 Å². The molecule has 0 aliphatic rings. The van der Waals surface area contributed by atoms with Crippen LogP contribution in [0.4, 0.5) is 0 Å². The van der Waals surface area contributed by atoms with E-state index in [1.807, 2.05) is 0 Å². The van der Waals surface area contributed by atoms with Crippen molar-refractivity contribution >= 4 is 0 Å². The van der Waals surface area contributed by atoms with Crippen LogP contribution in [-0.4, -0.2) is 25.9 Å². The van der Waals surface area contributed by atoms with Gasteiger partial charge in [0.25, 0.3) is 0 Å². The van der Waals surface area contributed by atoms with Gasteiger partial charge in [-0.2, -0.15) is 0 Å². The Morgan fingerprint density at radius 1 is 1.10 bits per heavy atom. The maximum absolute atomic E-state index is 6.06. The highest BCUT2D eigenvalue weighted by molar-refractivity contribution is 5.43. The second kappa shape index (κ2) is 8.28. The summed E-state index contributed by atoms with van der Waals surface area (Å²) < 4.78 is 11.2. The van der Waals surface area contributed by atoms with Gasteiger partial charge in [0.1, 0.15) is 5.75 Å². The van der Waals surface area contributed by atoms with E-state index in [1.54, 1.807) is 7.11 Å². The number of ether oxygens (including phenoxy) is 2. The third-order valence-electron chi connectivity index (χ3n) is 3.28. The number of benzene rings is 1. The number of rotatable bonds is 8. The lowest BCUT2D eigenvalue weighted by Crippen LogP contribution is -2.22. The molecule has 20 heavy (non-hydrogen) atoms. The van der Waals surface area contributed by atoms with Crippen molar-refractivity contribution in [3.63, 3.8) is 0 Å². The van der Waals surface area contributed by atoms with Crippen molar-refractivity contribution in [3.05, 3.63) is 28.8 Å². The summed E-state index contributed by atoms with van der Waals surface area (Å²) in [5.41, 5.74) is 3.72. The Hall–Kier alpha value is -1.06. The maximum Gasteiger partial charge on any atom is 0.125 e. The number of hydrogen-bond acceptors (Lipinski definition) is 3. The van der Waals surface area contributed by atoms with Gasteiger partial charge in [-0.1, -0.05) is 26.0 Å². The van der Waals surface area contributed by atoms with E-state index in [2.05, 4.69) is 52.1 Å². The van der Waals surface area contributed by atoms with Gasteiger partial charge < -0.3 is 14.8 Å². The third-order valence-corrected chi connectivity index (χ3v) is 3.28. The first-order chi connectivity index (χ1) is 9.43. The van der Waals surface area contributed by atoms with Crippen LogP contribution in [-0.2, 0) is 11.3 Å². The number of aryl methyl sites for hydroxylation is 2. The van der Waals surface area contributed by atoms with Gasteiger partial charge >= 0.3 is 0 Å². The van der Waals surface area contributed by atoms with E-state index in [-0.39, 0.29) is 6.10 Å². The molecular weight excluding hydrogens is 250 g/mol. The summed E-state index contributed by atoms with van der Waals surface area (Å²) in [5.74, 6) is 1.02. The monoisotopic (exact) mass is 279 g/mol. The lowest BCUT2D eigenvalue weighted by molar-refractivity contribution is 0.134. The van der Waals surface area contributed by atoms with Crippen LogP contribution in [0.25, 0.3) is 0 Å². The van der Waals surface area contributed by atoms with E-state index in [0.717, 1.165) is 25.3 Å². The zero-order chi connectivity index (χ0) is 15.1. The number of methoxy groups -OCH3 is 1. The van der Waals surface area contributed by atoms with Crippen LogP contribution in [0.5, 0.6) is 5.75 Å². The van der Waals surface area contributed by atoms with E-state index >= 15 is 0 Å². The highest BCUT2D eigenvalue weighted by Gasteiger charge is 2.10. The predicted octanol–water partition coefficient (Wildman–Crippen LogP) is 3.61. The highest BCUT2D eigenvalue weighted by atomic mass is 16.5. The molecule has 1 aromatic rings. The van der Waals surface area contributed by atoms with Crippen LogP contribution in [0, 0.1) is 13.8 Å². The first kappa shape index (κ1) is 17.0. The predicted molar refractivity (Wildman–Crippen MR) is 84.5 cm³/mol. The minimum atomic E-state index is 0.173. The van der Waals surface area contributed by atoms with Gasteiger partial charge in [0.2, 0.25) is 0 Å². The SMILES string of the molecule is COCCC(C)Oc1c(C)cc(CNC(C)C)cc1C. The molecular formula is C17H29NO2. The molecule has 0 aromatic heterocycles. The van der Waals surface area contributed by atoms with Crippen molar-refractivity contribution in [1.82, 2.24) is 5.32 Å². The van der Waals surface area contributed by atoms with Crippen molar-refractivity contribution in [3.8, 4) is 5.75 Å². The maximum atomic E-state index is 6.06. The van der Waals surface area contributed by atoms with Gasteiger partial charge in [0.05, 0.1) is 6.10 Å². The number of nitrogens with one attached hydrogen (secondary N) is 1. The van der Waals surface area contributed by atoms with E-state index in [9.17, 15) is 0 Å². The van der Waals surface area contributed by atoms with Gasteiger partial charge in [0, 0.05) is 32.7 Å². The molecule has 0 saturated carbocycles. The minimum Gasteiger partial charge on any atom is -0.490 e. The molecule has 1 rings (SSSR count). The van der Waals surface area contributed by atoms with E-state index in [0.29, 0.717) is 6.04 Å². The van der Waals surface area contributed by atoms with Crippen molar-refractivity contribution < 1.29 is 9.47 Å². The van der Waals surface area contributed by atoms with Crippen LogP contribution in [0.2, 0.25) is 0 Å². The molecule has 114 valence electrons. The van der Waals surface area contributed by atoms with Gasteiger partial charge in [-0.3, -0.25) is 0 Å². The van der Waals surface area contributed by atoms with Crippen molar-refractivity contribution in [2.24, 2.45) is 0 Å². The van der Waals surface area contributed by atoms with Crippen LogP contribution in [0.15, 0.2) is 12.1 Å².